The summed E-state index contributed by atoms with van der Waals surface area (Å²) in [4.78, 5) is 11.2. The highest BCUT2D eigenvalue weighted by molar-refractivity contribution is 9.10. The van der Waals surface area contributed by atoms with Crippen LogP contribution in [-0.4, -0.2) is 11.1 Å². The lowest BCUT2D eigenvalue weighted by molar-refractivity contribution is -0.144. The largest absolute Gasteiger partial charge is 0.481 e. The molecule has 0 bridgehead atoms. The third-order valence-electron chi connectivity index (χ3n) is 3.19. The van der Waals surface area contributed by atoms with Crippen LogP contribution in [-0.2, 0) is 11.2 Å². The monoisotopic (exact) mass is 280 g/mol. The average molecular weight is 281 g/mol. The van der Waals surface area contributed by atoms with E-state index in [2.05, 4.69) is 15.9 Å². The van der Waals surface area contributed by atoms with Crippen molar-refractivity contribution in [3.8, 4) is 0 Å². The van der Waals surface area contributed by atoms with Crippen molar-refractivity contribution in [1.29, 1.82) is 0 Å². The number of carboxylic acid groups (broad SMARTS) is 1. The van der Waals surface area contributed by atoms with E-state index in [1.54, 1.807) is 13.8 Å². The molecule has 1 aromatic carbocycles. The number of carboxylic acids is 1. The van der Waals surface area contributed by atoms with Crippen molar-refractivity contribution in [3.05, 3.63) is 39.4 Å². The highest BCUT2D eigenvalue weighted by Gasteiger charge is 2.34. The Morgan fingerprint density at radius 2 is 2.12 bits per heavy atom. The number of benzene rings is 1. The summed E-state index contributed by atoms with van der Waals surface area (Å²) in [7, 11) is 0. The van der Waals surface area contributed by atoms with Gasteiger partial charge >= 0.3 is 5.97 Å². The third-order valence-corrected chi connectivity index (χ3v) is 3.93. The van der Waals surface area contributed by atoms with Gasteiger partial charge in [-0.3, -0.25) is 4.79 Å². The maximum absolute atomic E-state index is 11.2. The average Bonchev–Trinajstić information content (AvgIpc) is 2.63. The van der Waals surface area contributed by atoms with Crippen LogP contribution in [0.3, 0.4) is 0 Å². The Morgan fingerprint density at radius 1 is 1.44 bits per heavy atom. The first-order chi connectivity index (χ1) is 7.43. The zero-order valence-corrected chi connectivity index (χ0v) is 10.8. The number of fused-ring (bicyclic) bond motifs is 1. The van der Waals surface area contributed by atoms with Crippen molar-refractivity contribution in [2.24, 2.45) is 5.41 Å². The molecule has 84 valence electrons. The van der Waals surface area contributed by atoms with Crippen molar-refractivity contribution in [1.82, 2.24) is 0 Å². The van der Waals surface area contributed by atoms with E-state index in [1.165, 1.54) is 5.56 Å². The highest BCUT2D eigenvalue weighted by atomic mass is 79.9. The first-order valence-corrected chi connectivity index (χ1v) is 5.94. The van der Waals surface area contributed by atoms with E-state index < -0.39 is 11.4 Å². The Hall–Kier alpha value is -1.09. The van der Waals surface area contributed by atoms with Crippen LogP contribution in [0.1, 0.15) is 25.0 Å². The van der Waals surface area contributed by atoms with Crippen LogP contribution in [0, 0.1) is 5.41 Å². The number of aliphatic carboxylic acids is 1. The molecular weight excluding hydrogens is 268 g/mol. The van der Waals surface area contributed by atoms with Crippen LogP contribution in [0.15, 0.2) is 28.2 Å². The van der Waals surface area contributed by atoms with Crippen molar-refractivity contribution in [2.75, 3.05) is 0 Å². The molecule has 0 atom stereocenters. The molecule has 0 radical (unpaired) electrons. The van der Waals surface area contributed by atoms with E-state index in [0.29, 0.717) is 0 Å². The maximum atomic E-state index is 11.2. The van der Waals surface area contributed by atoms with Gasteiger partial charge in [0.25, 0.3) is 0 Å². The standard InChI is InChI=1S/C13H13BrO2/c1-13(2,12(15)16)9-6-8-4-3-5-11(14)10(8)7-9/h3-6H,7H2,1-2H3,(H,15,16). The molecule has 3 heteroatoms. The zero-order chi connectivity index (χ0) is 11.9. The number of halogens is 1. The van der Waals surface area contributed by atoms with Gasteiger partial charge in [-0.2, -0.15) is 0 Å². The molecule has 0 saturated heterocycles. The lowest BCUT2D eigenvalue weighted by Crippen LogP contribution is -2.26. The van der Waals surface area contributed by atoms with E-state index >= 15 is 0 Å². The summed E-state index contributed by atoms with van der Waals surface area (Å²) in [6, 6.07) is 5.98. The second-order valence-corrected chi connectivity index (χ2v) is 5.44. The predicted molar refractivity (Wildman–Crippen MR) is 67.2 cm³/mol. The van der Waals surface area contributed by atoms with Gasteiger partial charge in [0.05, 0.1) is 5.41 Å². The Kier molecular flexibility index (Phi) is 2.66. The molecule has 1 aliphatic carbocycles. The number of rotatable bonds is 2. The van der Waals surface area contributed by atoms with Crippen molar-refractivity contribution >= 4 is 28.0 Å². The number of carbonyl (C=O) groups is 1. The minimum absolute atomic E-state index is 0.718. The summed E-state index contributed by atoms with van der Waals surface area (Å²) in [5, 5.41) is 9.20. The predicted octanol–water partition coefficient (Wildman–Crippen LogP) is 3.50. The van der Waals surface area contributed by atoms with Gasteiger partial charge in [0, 0.05) is 4.47 Å². The Balaban J connectivity index is 2.41. The highest BCUT2D eigenvalue weighted by Crippen LogP contribution is 2.39. The van der Waals surface area contributed by atoms with Crippen LogP contribution in [0.25, 0.3) is 6.08 Å². The summed E-state index contributed by atoms with van der Waals surface area (Å²) in [6.07, 6.45) is 2.71. The minimum atomic E-state index is -0.793. The molecule has 0 amide bonds. The van der Waals surface area contributed by atoms with Gasteiger partial charge in [0.1, 0.15) is 0 Å². The quantitative estimate of drug-likeness (QED) is 0.900. The number of hydrogen-bond acceptors (Lipinski definition) is 1. The van der Waals surface area contributed by atoms with E-state index in [9.17, 15) is 9.90 Å². The molecule has 0 heterocycles. The van der Waals surface area contributed by atoms with Gasteiger partial charge in [-0.05, 0) is 43.0 Å². The van der Waals surface area contributed by atoms with Gasteiger partial charge in [-0.15, -0.1) is 0 Å². The molecule has 0 aromatic heterocycles. The second-order valence-electron chi connectivity index (χ2n) is 4.58. The topological polar surface area (TPSA) is 37.3 Å². The molecule has 0 spiro atoms. The molecule has 0 unspecified atom stereocenters. The van der Waals surface area contributed by atoms with Crippen molar-refractivity contribution < 1.29 is 9.90 Å². The van der Waals surface area contributed by atoms with E-state index in [-0.39, 0.29) is 0 Å². The molecule has 16 heavy (non-hydrogen) atoms. The SMILES string of the molecule is CC(C)(C(=O)O)C1=Cc2cccc(Br)c2C1. The van der Waals surface area contributed by atoms with Gasteiger partial charge in [-0.1, -0.05) is 34.1 Å². The molecule has 2 nitrogen and oxygen atoms in total. The molecule has 1 aromatic rings. The Morgan fingerprint density at radius 3 is 2.69 bits per heavy atom. The van der Waals surface area contributed by atoms with Crippen LogP contribution >= 0.6 is 15.9 Å². The molecule has 0 aliphatic heterocycles. The van der Waals surface area contributed by atoms with Gasteiger partial charge in [0.2, 0.25) is 0 Å². The first-order valence-electron chi connectivity index (χ1n) is 5.15. The lowest BCUT2D eigenvalue weighted by Gasteiger charge is -2.20. The smallest absolute Gasteiger partial charge is 0.313 e. The third kappa shape index (κ3) is 1.69. The minimum Gasteiger partial charge on any atom is -0.481 e. The Labute approximate surface area is 103 Å². The van der Waals surface area contributed by atoms with Crippen LogP contribution < -0.4 is 0 Å². The summed E-state index contributed by atoms with van der Waals surface area (Å²) in [5.41, 5.74) is 2.48. The molecular formula is C13H13BrO2. The normalized spacial score (nSPS) is 14.6. The van der Waals surface area contributed by atoms with Crippen molar-refractivity contribution in [2.45, 2.75) is 20.3 Å². The first kappa shape index (κ1) is 11.4. The molecule has 1 N–H and O–H groups in total. The van der Waals surface area contributed by atoms with Crippen LogP contribution in [0.2, 0.25) is 0 Å². The Bertz CT molecular complexity index is 487. The summed E-state index contributed by atoms with van der Waals surface area (Å²) in [6.45, 7) is 3.50. The fourth-order valence-electron chi connectivity index (χ4n) is 1.86. The number of hydrogen-bond donors (Lipinski definition) is 1. The van der Waals surface area contributed by atoms with Gasteiger partial charge < -0.3 is 5.11 Å². The van der Waals surface area contributed by atoms with Gasteiger partial charge in [0.15, 0.2) is 0 Å². The summed E-state index contributed by atoms with van der Waals surface area (Å²) < 4.78 is 1.05. The lowest BCUT2D eigenvalue weighted by atomic mass is 9.83. The fourth-order valence-corrected chi connectivity index (χ4v) is 2.39. The molecule has 1 aliphatic rings. The zero-order valence-electron chi connectivity index (χ0n) is 9.25. The maximum Gasteiger partial charge on any atom is 0.313 e. The van der Waals surface area contributed by atoms with Crippen LogP contribution in [0.4, 0.5) is 0 Å². The second kappa shape index (κ2) is 3.74. The van der Waals surface area contributed by atoms with E-state index in [0.717, 1.165) is 22.0 Å². The molecule has 2 rings (SSSR count). The van der Waals surface area contributed by atoms with Crippen LogP contribution in [0.5, 0.6) is 0 Å². The fraction of sp³-hybridized carbons (Fsp3) is 0.308. The van der Waals surface area contributed by atoms with E-state index in [1.807, 2.05) is 24.3 Å². The van der Waals surface area contributed by atoms with Gasteiger partial charge in [-0.25, -0.2) is 0 Å². The summed E-state index contributed by atoms with van der Waals surface area (Å²) >= 11 is 3.50. The van der Waals surface area contributed by atoms with Crippen molar-refractivity contribution in [3.63, 3.8) is 0 Å². The molecule has 0 fully saturated rings. The molecule has 0 saturated carbocycles. The summed E-state index contributed by atoms with van der Waals surface area (Å²) in [5.74, 6) is -0.775. The van der Waals surface area contributed by atoms with E-state index in [4.69, 9.17) is 0 Å².